The lowest BCUT2D eigenvalue weighted by molar-refractivity contribution is 0.336. The number of hydrogen-bond acceptors (Lipinski definition) is 2. The van der Waals surface area contributed by atoms with Crippen molar-refractivity contribution in [1.82, 2.24) is 0 Å². The van der Waals surface area contributed by atoms with Crippen LogP contribution in [0.1, 0.15) is 45.1 Å². The van der Waals surface area contributed by atoms with Crippen LogP contribution in [-0.2, 0) is 6.42 Å². The number of hydrogen-bond donors (Lipinski definition) is 1. The molecule has 1 aromatic rings. The van der Waals surface area contributed by atoms with E-state index < -0.39 is 0 Å². The highest BCUT2D eigenvalue weighted by Gasteiger charge is 2.22. The molecule has 0 spiro atoms. The van der Waals surface area contributed by atoms with Crippen LogP contribution in [0.15, 0.2) is 22.7 Å². The molecule has 3 unspecified atom stereocenters. The van der Waals surface area contributed by atoms with Crippen LogP contribution in [0, 0.1) is 5.92 Å². The SMILES string of the molecule is CC(N)Cc1ccc(N(C)C2CCCC(C)C2)cc1Br. The van der Waals surface area contributed by atoms with Gasteiger partial charge >= 0.3 is 0 Å². The molecule has 0 aliphatic heterocycles. The maximum Gasteiger partial charge on any atom is 0.0377 e. The molecule has 1 aliphatic rings. The van der Waals surface area contributed by atoms with E-state index in [9.17, 15) is 0 Å². The van der Waals surface area contributed by atoms with E-state index in [1.165, 1.54) is 41.4 Å². The molecule has 20 heavy (non-hydrogen) atoms. The summed E-state index contributed by atoms with van der Waals surface area (Å²) in [5.41, 5.74) is 8.50. The van der Waals surface area contributed by atoms with Gasteiger partial charge in [0, 0.05) is 29.3 Å². The van der Waals surface area contributed by atoms with Crippen LogP contribution in [0.4, 0.5) is 5.69 Å². The van der Waals surface area contributed by atoms with E-state index in [0.717, 1.165) is 12.3 Å². The smallest absolute Gasteiger partial charge is 0.0377 e. The second-order valence-corrected chi connectivity index (χ2v) is 7.35. The van der Waals surface area contributed by atoms with Gasteiger partial charge in [-0.05, 0) is 49.8 Å². The van der Waals surface area contributed by atoms with Crippen LogP contribution in [0.2, 0.25) is 0 Å². The maximum atomic E-state index is 5.89. The number of benzene rings is 1. The number of rotatable bonds is 4. The second-order valence-electron chi connectivity index (χ2n) is 6.49. The fraction of sp³-hybridized carbons (Fsp3) is 0.647. The fourth-order valence-corrected chi connectivity index (χ4v) is 3.76. The van der Waals surface area contributed by atoms with Crippen molar-refractivity contribution in [1.29, 1.82) is 0 Å². The molecule has 0 amide bonds. The minimum atomic E-state index is 0.203. The Balaban J connectivity index is 2.10. The summed E-state index contributed by atoms with van der Waals surface area (Å²) in [4.78, 5) is 2.45. The molecule has 0 aromatic heterocycles. The summed E-state index contributed by atoms with van der Waals surface area (Å²) >= 11 is 3.70. The molecule has 3 heteroatoms. The van der Waals surface area contributed by atoms with Gasteiger partial charge in [0.2, 0.25) is 0 Å². The van der Waals surface area contributed by atoms with Gasteiger partial charge in [-0.3, -0.25) is 0 Å². The summed E-state index contributed by atoms with van der Waals surface area (Å²) in [5, 5.41) is 0. The van der Waals surface area contributed by atoms with Gasteiger partial charge in [-0.2, -0.15) is 0 Å². The molecule has 2 rings (SSSR count). The Morgan fingerprint density at radius 3 is 2.75 bits per heavy atom. The Kier molecular flexibility index (Phi) is 5.50. The maximum absolute atomic E-state index is 5.89. The van der Waals surface area contributed by atoms with Crippen molar-refractivity contribution in [3.8, 4) is 0 Å². The van der Waals surface area contributed by atoms with Gasteiger partial charge in [0.1, 0.15) is 0 Å². The molecule has 1 fully saturated rings. The topological polar surface area (TPSA) is 29.3 Å². The van der Waals surface area contributed by atoms with Crippen LogP contribution >= 0.6 is 15.9 Å². The lowest BCUT2D eigenvalue weighted by atomic mass is 9.86. The van der Waals surface area contributed by atoms with Gasteiger partial charge in [0.15, 0.2) is 0 Å². The molecule has 0 saturated heterocycles. The molecular weight excluding hydrogens is 312 g/mol. The van der Waals surface area contributed by atoms with E-state index in [1.54, 1.807) is 0 Å². The van der Waals surface area contributed by atoms with Crippen molar-refractivity contribution in [3.63, 3.8) is 0 Å². The van der Waals surface area contributed by atoms with E-state index in [4.69, 9.17) is 5.73 Å². The first kappa shape index (κ1) is 15.8. The molecular formula is C17H27BrN2. The third-order valence-electron chi connectivity index (χ3n) is 4.44. The van der Waals surface area contributed by atoms with Crippen molar-refractivity contribution >= 4 is 21.6 Å². The van der Waals surface area contributed by atoms with E-state index in [2.05, 4.69) is 59.9 Å². The summed E-state index contributed by atoms with van der Waals surface area (Å²) in [5.74, 6) is 0.858. The van der Waals surface area contributed by atoms with Crippen molar-refractivity contribution in [3.05, 3.63) is 28.2 Å². The van der Waals surface area contributed by atoms with Gasteiger partial charge in [0.05, 0.1) is 0 Å². The normalized spacial score (nSPS) is 24.4. The molecule has 1 saturated carbocycles. The van der Waals surface area contributed by atoms with Gasteiger partial charge in [-0.1, -0.05) is 41.8 Å². The molecule has 112 valence electrons. The highest BCUT2D eigenvalue weighted by molar-refractivity contribution is 9.10. The number of anilines is 1. The Morgan fingerprint density at radius 1 is 1.40 bits per heavy atom. The summed E-state index contributed by atoms with van der Waals surface area (Å²) in [6.07, 6.45) is 6.31. The van der Waals surface area contributed by atoms with Crippen molar-refractivity contribution in [2.75, 3.05) is 11.9 Å². The zero-order chi connectivity index (χ0) is 14.7. The average Bonchev–Trinajstić information content (AvgIpc) is 2.40. The molecule has 1 aromatic carbocycles. The minimum Gasteiger partial charge on any atom is -0.372 e. The molecule has 0 radical (unpaired) electrons. The third-order valence-corrected chi connectivity index (χ3v) is 5.18. The van der Waals surface area contributed by atoms with Crippen LogP contribution < -0.4 is 10.6 Å². The zero-order valence-electron chi connectivity index (χ0n) is 12.9. The second kappa shape index (κ2) is 6.95. The molecule has 3 atom stereocenters. The minimum absolute atomic E-state index is 0.203. The Labute approximate surface area is 131 Å². The van der Waals surface area contributed by atoms with Crippen molar-refractivity contribution in [2.45, 2.75) is 58.0 Å². The van der Waals surface area contributed by atoms with Crippen LogP contribution in [0.25, 0.3) is 0 Å². The van der Waals surface area contributed by atoms with Gasteiger partial charge in [0.25, 0.3) is 0 Å². The van der Waals surface area contributed by atoms with Gasteiger partial charge < -0.3 is 10.6 Å². The Hall–Kier alpha value is -0.540. The molecule has 0 heterocycles. The number of nitrogens with two attached hydrogens (primary N) is 1. The van der Waals surface area contributed by atoms with Crippen molar-refractivity contribution in [2.24, 2.45) is 11.7 Å². The van der Waals surface area contributed by atoms with Crippen molar-refractivity contribution < 1.29 is 0 Å². The van der Waals surface area contributed by atoms with Crippen LogP contribution in [0.3, 0.4) is 0 Å². The number of halogens is 1. The summed E-state index contributed by atoms with van der Waals surface area (Å²) in [6.45, 7) is 4.43. The Morgan fingerprint density at radius 2 is 2.15 bits per heavy atom. The predicted molar refractivity (Wildman–Crippen MR) is 91.3 cm³/mol. The van der Waals surface area contributed by atoms with E-state index in [1.807, 2.05) is 0 Å². The summed E-state index contributed by atoms with van der Waals surface area (Å²) in [6, 6.07) is 7.59. The van der Waals surface area contributed by atoms with E-state index in [0.29, 0.717) is 6.04 Å². The first-order chi connectivity index (χ1) is 9.47. The van der Waals surface area contributed by atoms with E-state index >= 15 is 0 Å². The molecule has 2 nitrogen and oxygen atoms in total. The monoisotopic (exact) mass is 338 g/mol. The van der Waals surface area contributed by atoms with E-state index in [-0.39, 0.29) is 6.04 Å². The summed E-state index contributed by atoms with van der Waals surface area (Å²) < 4.78 is 1.18. The van der Waals surface area contributed by atoms with Gasteiger partial charge in [-0.25, -0.2) is 0 Å². The third kappa shape index (κ3) is 3.98. The highest BCUT2D eigenvalue weighted by Crippen LogP contribution is 2.31. The molecule has 2 N–H and O–H groups in total. The molecule has 0 bridgehead atoms. The fourth-order valence-electron chi connectivity index (χ4n) is 3.23. The lowest BCUT2D eigenvalue weighted by Gasteiger charge is -2.35. The number of nitrogens with zero attached hydrogens (tertiary/aromatic N) is 1. The average molecular weight is 339 g/mol. The van der Waals surface area contributed by atoms with Gasteiger partial charge in [-0.15, -0.1) is 0 Å². The largest absolute Gasteiger partial charge is 0.372 e. The lowest BCUT2D eigenvalue weighted by Crippen LogP contribution is -2.35. The Bertz CT molecular complexity index is 445. The zero-order valence-corrected chi connectivity index (χ0v) is 14.5. The quantitative estimate of drug-likeness (QED) is 0.883. The van der Waals surface area contributed by atoms with Crippen LogP contribution in [0.5, 0.6) is 0 Å². The van der Waals surface area contributed by atoms with Crippen LogP contribution in [-0.4, -0.2) is 19.1 Å². The standard InChI is InChI=1S/C17H27BrN2/c1-12-5-4-6-15(9-12)20(3)16-8-7-14(10-13(2)19)17(18)11-16/h7-8,11-13,15H,4-6,9-10,19H2,1-3H3. The predicted octanol–water partition coefficient (Wildman–Crippen LogP) is 4.35. The first-order valence-electron chi connectivity index (χ1n) is 7.74. The highest BCUT2D eigenvalue weighted by atomic mass is 79.9. The summed E-state index contributed by atoms with van der Waals surface area (Å²) in [7, 11) is 2.23. The first-order valence-corrected chi connectivity index (χ1v) is 8.53. The molecule has 1 aliphatic carbocycles.